The molecule has 1 atom stereocenters. The molecule has 19 heavy (non-hydrogen) atoms. The third-order valence-electron chi connectivity index (χ3n) is 3.33. The van der Waals surface area contributed by atoms with Crippen molar-refractivity contribution in [2.24, 2.45) is 0 Å². The van der Waals surface area contributed by atoms with Gasteiger partial charge in [-0.1, -0.05) is 12.1 Å². The third-order valence-corrected chi connectivity index (χ3v) is 3.52. The number of aryl methyl sites for hydroxylation is 1. The predicted octanol–water partition coefficient (Wildman–Crippen LogP) is 4.02. The average molecular weight is 275 g/mol. The molecule has 3 rings (SSSR count). The first-order valence-corrected chi connectivity index (χ1v) is 6.90. The quantitative estimate of drug-likeness (QED) is 0.673. The molecule has 3 nitrogen and oxygen atoms in total. The molecule has 0 spiro atoms. The largest absolute Gasteiger partial charge is 0.467 e. The van der Waals surface area contributed by atoms with Gasteiger partial charge in [-0.05, 0) is 31.2 Å². The van der Waals surface area contributed by atoms with Gasteiger partial charge in [-0.3, -0.25) is 0 Å². The van der Waals surface area contributed by atoms with Crippen molar-refractivity contribution in [2.45, 2.75) is 19.4 Å². The molecule has 0 aliphatic heterocycles. The van der Waals surface area contributed by atoms with Crippen molar-refractivity contribution in [3.05, 3.63) is 54.2 Å². The number of furan rings is 1. The maximum absolute atomic E-state index is 5.89. The minimum Gasteiger partial charge on any atom is -0.467 e. The third kappa shape index (κ3) is 2.15. The molecule has 0 aliphatic rings. The highest BCUT2D eigenvalue weighted by Crippen LogP contribution is 2.26. The smallest absolute Gasteiger partial charge is 0.126 e. The lowest BCUT2D eigenvalue weighted by atomic mass is 10.2. The molecule has 0 amide bonds. The van der Waals surface area contributed by atoms with E-state index in [0.717, 1.165) is 29.0 Å². The van der Waals surface area contributed by atoms with Gasteiger partial charge in [-0.2, -0.15) is 0 Å². The monoisotopic (exact) mass is 274 g/mol. The van der Waals surface area contributed by atoms with E-state index in [4.69, 9.17) is 16.0 Å². The second kappa shape index (κ2) is 5.10. The number of rotatable bonds is 4. The molecule has 0 saturated carbocycles. The standard InChI is InChI=1S/C15H15ClN2O/c1-11(14-7-4-10-19-14)18-13-6-3-2-5-12(13)17-15(18)8-9-16/h2-7,10-11H,8-9H2,1H3. The highest BCUT2D eigenvalue weighted by Gasteiger charge is 2.18. The van der Waals surface area contributed by atoms with Gasteiger partial charge in [0.1, 0.15) is 11.6 Å². The Morgan fingerprint density at radius 3 is 2.84 bits per heavy atom. The molecule has 98 valence electrons. The molecule has 3 aromatic rings. The van der Waals surface area contributed by atoms with Gasteiger partial charge in [0.25, 0.3) is 0 Å². The van der Waals surface area contributed by atoms with E-state index in [2.05, 4.69) is 22.5 Å². The summed E-state index contributed by atoms with van der Waals surface area (Å²) in [6.45, 7) is 2.12. The fourth-order valence-corrected chi connectivity index (χ4v) is 2.61. The number of imidazole rings is 1. The van der Waals surface area contributed by atoms with Gasteiger partial charge in [0, 0.05) is 12.3 Å². The molecule has 4 heteroatoms. The van der Waals surface area contributed by atoms with Gasteiger partial charge >= 0.3 is 0 Å². The summed E-state index contributed by atoms with van der Waals surface area (Å²) in [5.74, 6) is 2.49. The van der Waals surface area contributed by atoms with E-state index < -0.39 is 0 Å². The minimum atomic E-state index is 0.112. The molecular weight excluding hydrogens is 260 g/mol. The van der Waals surface area contributed by atoms with Crippen LogP contribution in [0.5, 0.6) is 0 Å². The summed E-state index contributed by atoms with van der Waals surface area (Å²) in [5.41, 5.74) is 2.12. The van der Waals surface area contributed by atoms with Crippen LogP contribution in [0.3, 0.4) is 0 Å². The SMILES string of the molecule is CC(c1ccco1)n1c(CCCl)nc2ccccc21. The van der Waals surface area contributed by atoms with E-state index in [1.54, 1.807) is 6.26 Å². The number of benzene rings is 1. The first-order valence-electron chi connectivity index (χ1n) is 6.36. The maximum atomic E-state index is 5.89. The molecule has 2 heterocycles. The predicted molar refractivity (Wildman–Crippen MR) is 76.7 cm³/mol. The van der Waals surface area contributed by atoms with Gasteiger partial charge in [0.2, 0.25) is 0 Å². The van der Waals surface area contributed by atoms with Crippen LogP contribution in [-0.2, 0) is 6.42 Å². The van der Waals surface area contributed by atoms with E-state index in [1.165, 1.54) is 0 Å². The van der Waals surface area contributed by atoms with Crippen LogP contribution in [0.1, 0.15) is 24.6 Å². The van der Waals surface area contributed by atoms with Crippen LogP contribution < -0.4 is 0 Å². The van der Waals surface area contributed by atoms with Crippen LogP contribution in [0.15, 0.2) is 47.1 Å². The Morgan fingerprint density at radius 1 is 1.26 bits per heavy atom. The number of alkyl halides is 1. The van der Waals surface area contributed by atoms with Crippen molar-refractivity contribution in [1.82, 2.24) is 9.55 Å². The molecule has 1 unspecified atom stereocenters. The zero-order chi connectivity index (χ0) is 13.2. The summed E-state index contributed by atoms with van der Waals surface area (Å²) in [7, 11) is 0. The second-order valence-electron chi connectivity index (χ2n) is 4.52. The summed E-state index contributed by atoms with van der Waals surface area (Å²) in [5, 5.41) is 0. The second-order valence-corrected chi connectivity index (χ2v) is 4.90. The Bertz CT molecular complexity index is 673. The van der Waals surface area contributed by atoms with Gasteiger partial charge < -0.3 is 8.98 Å². The van der Waals surface area contributed by atoms with Crippen molar-refractivity contribution in [1.29, 1.82) is 0 Å². The Morgan fingerprint density at radius 2 is 2.11 bits per heavy atom. The number of halogens is 1. The van der Waals surface area contributed by atoms with Crippen LogP contribution in [0.25, 0.3) is 11.0 Å². The molecular formula is C15H15ClN2O. The number of hydrogen-bond donors (Lipinski definition) is 0. The molecule has 0 saturated heterocycles. The highest BCUT2D eigenvalue weighted by molar-refractivity contribution is 6.17. The lowest BCUT2D eigenvalue weighted by Crippen LogP contribution is -2.10. The Balaban J connectivity index is 2.17. The van der Waals surface area contributed by atoms with E-state index in [0.29, 0.717) is 5.88 Å². The molecule has 2 aromatic heterocycles. The maximum Gasteiger partial charge on any atom is 0.126 e. The molecule has 0 fully saturated rings. The fourth-order valence-electron chi connectivity index (χ4n) is 2.44. The summed E-state index contributed by atoms with van der Waals surface area (Å²) < 4.78 is 7.72. The summed E-state index contributed by atoms with van der Waals surface area (Å²) >= 11 is 5.89. The fraction of sp³-hybridized carbons (Fsp3) is 0.267. The van der Waals surface area contributed by atoms with Crippen LogP contribution in [0.2, 0.25) is 0 Å². The average Bonchev–Trinajstić information content (AvgIpc) is 3.06. The highest BCUT2D eigenvalue weighted by atomic mass is 35.5. The van der Waals surface area contributed by atoms with E-state index in [-0.39, 0.29) is 6.04 Å². The molecule has 0 radical (unpaired) electrons. The number of para-hydroxylation sites is 2. The molecule has 0 N–H and O–H groups in total. The summed E-state index contributed by atoms with van der Waals surface area (Å²) in [6.07, 6.45) is 2.45. The lowest BCUT2D eigenvalue weighted by molar-refractivity contribution is 0.445. The van der Waals surface area contributed by atoms with Crippen molar-refractivity contribution in [3.63, 3.8) is 0 Å². The van der Waals surface area contributed by atoms with Gasteiger partial charge in [0.15, 0.2) is 0 Å². The van der Waals surface area contributed by atoms with Crippen LogP contribution in [0.4, 0.5) is 0 Å². The zero-order valence-electron chi connectivity index (χ0n) is 10.7. The van der Waals surface area contributed by atoms with Crippen molar-refractivity contribution >= 4 is 22.6 Å². The Kier molecular flexibility index (Phi) is 3.30. The van der Waals surface area contributed by atoms with Gasteiger partial charge in [0.05, 0.1) is 23.3 Å². The van der Waals surface area contributed by atoms with E-state index in [1.807, 2.05) is 30.3 Å². The van der Waals surface area contributed by atoms with Gasteiger partial charge in [-0.25, -0.2) is 4.98 Å². The number of aromatic nitrogens is 2. The lowest BCUT2D eigenvalue weighted by Gasteiger charge is -2.15. The topological polar surface area (TPSA) is 31.0 Å². The van der Waals surface area contributed by atoms with E-state index in [9.17, 15) is 0 Å². The number of nitrogens with zero attached hydrogens (tertiary/aromatic N) is 2. The normalized spacial score (nSPS) is 12.9. The molecule has 0 aliphatic carbocycles. The number of fused-ring (bicyclic) bond motifs is 1. The number of hydrogen-bond acceptors (Lipinski definition) is 2. The van der Waals surface area contributed by atoms with Crippen molar-refractivity contribution < 1.29 is 4.42 Å². The summed E-state index contributed by atoms with van der Waals surface area (Å²) in [6, 6.07) is 12.1. The Labute approximate surface area is 116 Å². The van der Waals surface area contributed by atoms with Gasteiger partial charge in [-0.15, -0.1) is 11.6 Å². The van der Waals surface area contributed by atoms with Crippen LogP contribution in [0, 0.1) is 0 Å². The van der Waals surface area contributed by atoms with Crippen molar-refractivity contribution in [3.8, 4) is 0 Å². The van der Waals surface area contributed by atoms with Crippen LogP contribution in [-0.4, -0.2) is 15.4 Å². The molecule has 0 bridgehead atoms. The zero-order valence-corrected chi connectivity index (χ0v) is 11.5. The van der Waals surface area contributed by atoms with E-state index >= 15 is 0 Å². The first kappa shape index (κ1) is 12.3. The summed E-state index contributed by atoms with van der Waals surface area (Å²) in [4.78, 5) is 4.67. The van der Waals surface area contributed by atoms with Crippen LogP contribution >= 0.6 is 11.6 Å². The van der Waals surface area contributed by atoms with Crippen molar-refractivity contribution in [2.75, 3.05) is 5.88 Å². The Hall–Kier alpha value is -1.74. The molecule has 1 aromatic carbocycles. The first-order chi connectivity index (χ1) is 9.31. The minimum absolute atomic E-state index is 0.112.